The number of nitrogens with zero attached hydrogens (tertiary/aromatic N) is 3. The minimum atomic E-state index is -0.255. The molecule has 0 saturated carbocycles. The number of hydrogen-bond donors (Lipinski definition) is 1. The van der Waals surface area contributed by atoms with Gasteiger partial charge in [-0.3, -0.25) is 4.90 Å². The van der Waals surface area contributed by atoms with E-state index in [-0.39, 0.29) is 6.10 Å². The van der Waals surface area contributed by atoms with E-state index in [0.29, 0.717) is 29.9 Å². The fraction of sp³-hybridized carbons (Fsp3) is 0.429. The number of aliphatic hydroxyl groups excluding tert-OH is 1. The molecule has 3 rings (SSSR count). The van der Waals surface area contributed by atoms with Crippen LogP contribution in [-0.4, -0.2) is 39.4 Å². The molecule has 0 amide bonds. The van der Waals surface area contributed by atoms with E-state index in [2.05, 4.69) is 15.1 Å². The van der Waals surface area contributed by atoms with Crippen molar-refractivity contribution in [2.24, 2.45) is 0 Å². The molecule has 1 aromatic heterocycles. The van der Waals surface area contributed by atoms with Crippen LogP contribution in [-0.2, 0) is 6.54 Å². The first kappa shape index (κ1) is 13.5. The number of halogens is 1. The normalized spacial score (nSPS) is 20.2. The van der Waals surface area contributed by atoms with Crippen LogP contribution in [0.4, 0.5) is 0 Å². The second kappa shape index (κ2) is 5.91. The molecule has 1 aliphatic rings. The van der Waals surface area contributed by atoms with Gasteiger partial charge >= 0.3 is 0 Å². The van der Waals surface area contributed by atoms with Gasteiger partial charge in [-0.1, -0.05) is 23.7 Å². The molecule has 1 aliphatic heterocycles. The van der Waals surface area contributed by atoms with Crippen molar-refractivity contribution in [2.45, 2.75) is 25.5 Å². The van der Waals surface area contributed by atoms with Gasteiger partial charge in [-0.15, -0.1) is 10.2 Å². The molecular weight excluding hydrogens is 278 g/mol. The topological polar surface area (TPSA) is 62.4 Å². The molecule has 2 aromatic rings. The van der Waals surface area contributed by atoms with Gasteiger partial charge < -0.3 is 9.52 Å². The molecule has 1 atom stereocenters. The van der Waals surface area contributed by atoms with Crippen LogP contribution in [0, 0.1) is 0 Å². The van der Waals surface area contributed by atoms with Crippen molar-refractivity contribution >= 4 is 11.6 Å². The van der Waals surface area contributed by atoms with E-state index in [1.807, 2.05) is 18.2 Å². The lowest BCUT2D eigenvalue weighted by molar-refractivity contribution is 0.0625. The molecule has 1 aromatic carbocycles. The number of likely N-dealkylation sites (tertiary alicyclic amines) is 1. The maximum atomic E-state index is 9.65. The van der Waals surface area contributed by atoms with Gasteiger partial charge in [0.2, 0.25) is 11.8 Å². The quantitative estimate of drug-likeness (QED) is 0.941. The van der Waals surface area contributed by atoms with Gasteiger partial charge in [-0.05, 0) is 31.5 Å². The lowest BCUT2D eigenvalue weighted by atomic mass is 10.1. The second-order valence-corrected chi connectivity index (χ2v) is 5.42. The zero-order chi connectivity index (χ0) is 13.9. The van der Waals surface area contributed by atoms with Crippen molar-refractivity contribution in [3.05, 3.63) is 35.2 Å². The van der Waals surface area contributed by atoms with Crippen molar-refractivity contribution in [1.29, 1.82) is 0 Å². The van der Waals surface area contributed by atoms with Crippen molar-refractivity contribution in [2.75, 3.05) is 13.1 Å². The molecule has 0 bridgehead atoms. The third kappa shape index (κ3) is 3.00. The highest BCUT2D eigenvalue weighted by molar-refractivity contribution is 6.33. The van der Waals surface area contributed by atoms with E-state index in [0.717, 1.165) is 24.9 Å². The highest BCUT2D eigenvalue weighted by Gasteiger charge is 2.20. The standard InChI is InChI=1S/C14H16ClN3O2/c15-12-6-2-1-5-11(12)14-17-16-13(20-14)9-18-7-3-4-10(19)8-18/h1-2,5-6,10,19H,3-4,7-9H2/t10-/m1/s1. The van der Waals surface area contributed by atoms with E-state index in [1.54, 1.807) is 6.07 Å². The first-order valence-electron chi connectivity index (χ1n) is 6.70. The average Bonchev–Trinajstić information content (AvgIpc) is 2.87. The molecule has 2 heterocycles. The maximum absolute atomic E-state index is 9.65. The minimum Gasteiger partial charge on any atom is -0.419 e. The van der Waals surface area contributed by atoms with E-state index in [4.69, 9.17) is 16.0 Å². The first-order valence-corrected chi connectivity index (χ1v) is 7.08. The van der Waals surface area contributed by atoms with E-state index >= 15 is 0 Å². The van der Waals surface area contributed by atoms with Crippen LogP contribution in [0.3, 0.4) is 0 Å². The van der Waals surface area contributed by atoms with Crippen molar-refractivity contribution in [1.82, 2.24) is 15.1 Å². The zero-order valence-electron chi connectivity index (χ0n) is 11.0. The summed E-state index contributed by atoms with van der Waals surface area (Å²) in [6.45, 7) is 2.17. The Morgan fingerprint density at radius 1 is 1.35 bits per heavy atom. The van der Waals surface area contributed by atoms with Crippen LogP contribution in [0.2, 0.25) is 5.02 Å². The molecule has 106 valence electrons. The van der Waals surface area contributed by atoms with E-state index in [1.165, 1.54) is 0 Å². The molecule has 0 aliphatic carbocycles. The number of piperidine rings is 1. The number of β-amino-alcohol motifs (C(OH)–C–C–N with tert-alkyl or cyclic N) is 1. The summed E-state index contributed by atoms with van der Waals surface area (Å²) in [5, 5.41) is 18.3. The Balaban J connectivity index is 1.72. The Hall–Kier alpha value is -1.43. The summed E-state index contributed by atoms with van der Waals surface area (Å²) in [6, 6.07) is 7.39. The van der Waals surface area contributed by atoms with E-state index in [9.17, 15) is 5.11 Å². The van der Waals surface area contributed by atoms with Gasteiger partial charge in [-0.25, -0.2) is 0 Å². The molecule has 6 heteroatoms. The number of aromatic nitrogens is 2. The molecule has 0 spiro atoms. The molecular formula is C14H16ClN3O2. The Kier molecular flexibility index (Phi) is 4.00. The largest absolute Gasteiger partial charge is 0.419 e. The van der Waals surface area contributed by atoms with Crippen LogP contribution < -0.4 is 0 Å². The zero-order valence-corrected chi connectivity index (χ0v) is 11.8. The SMILES string of the molecule is O[C@@H]1CCCN(Cc2nnc(-c3ccccc3Cl)o2)C1. The second-order valence-electron chi connectivity index (χ2n) is 5.01. The van der Waals surface area contributed by atoms with Crippen LogP contribution in [0.15, 0.2) is 28.7 Å². The van der Waals surface area contributed by atoms with Crippen molar-refractivity contribution in [3.8, 4) is 11.5 Å². The fourth-order valence-electron chi connectivity index (χ4n) is 2.43. The molecule has 1 fully saturated rings. The summed E-state index contributed by atoms with van der Waals surface area (Å²) in [7, 11) is 0. The van der Waals surface area contributed by atoms with Gasteiger partial charge in [0, 0.05) is 6.54 Å². The summed E-state index contributed by atoms with van der Waals surface area (Å²) in [5.41, 5.74) is 0.742. The number of benzene rings is 1. The third-order valence-corrected chi connectivity index (χ3v) is 3.74. The molecule has 1 N–H and O–H groups in total. The predicted molar refractivity (Wildman–Crippen MR) is 75.3 cm³/mol. The highest BCUT2D eigenvalue weighted by atomic mass is 35.5. The van der Waals surface area contributed by atoms with Crippen LogP contribution >= 0.6 is 11.6 Å². The third-order valence-electron chi connectivity index (χ3n) is 3.41. The Morgan fingerprint density at radius 3 is 3.00 bits per heavy atom. The van der Waals surface area contributed by atoms with Crippen LogP contribution in [0.5, 0.6) is 0 Å². The fourth-order valence-corrected chi connectivity index (χ4v) is 2.64. The van der Waals surface area contributed by atoms with Crippen LogP contribution in [0.1, 0.15) is 18.7 Å². The van der Waals surface area contributed by atoms with Gasteiger partial charge in [0.05, 0.1) is 23.2 Å². The average molecular weight is 294 g/mol. The van der Waals surface area contributed by atoms with Gasteiger partial charge in [-0.2, -0.15) is 0 Å². The summed E-state index contributed by atoms with van der Waals surface area (Å²) in [5.74, 6) is 0.983. The first-order chi connectivity index (χ1) is 9.72. The van der Waals surface area contributed by atoms with E-state index < -0.39 is 0 Å². The number of hydrogen-bond acceptors (Lipinski definition) is 5. The summed E-state index contributed by atoms with van der Waals surface area (Å²) >= 11 is 6.11. The van der Waals surface area contributed by atoms with Gasteiger partial charge in [0.15, 0.2) is 0 Å². The van der Waals surface area contributed by atoms with Crippen molar-refractivity contribution in [3.63, 3.8) is 0 Å². The molecule has 0 radical (unpaired) electrons. The Labute approximate surface area is 122 Å². The number of rotatable bonds is 3. The van der Waals surface area contributed by atoms with Crippen LogP contribution in [0.25, 0.3) is 11.5 Å². The molecule has 1 saturated heterocycles. The molecule has 0 unspecified atom stereocenters. The summed E-state index contributed by atoms with van der Waals surface area (Å²) < 4.78 is 5.66. The number of aliphatic hydroxyl groups is 1. The molecule has 20 heavy (non-hydrogen) atoms. The Bertz CT molecular complexity index is 587. The summed E-state index contributed by atoms with van der Waals surface area (Å²) in [6.07, 6.45) is 1.60. The minimum absolute atomic E-state index is 0.255. The highest BCUT2D eigenvalue weighted by Crippen LogP contribution is 2.26. The maximum Gasteiger partial charge on any atom is 0.249 e. The Morgan fingerprint density at radius 2 is 2.20 bits per heavy atom. The monoisotopic (exact) mass is 293 g/mol. The van der Waals surface area contributed by atoms with Gasteiger partial charge in [0.1, 0.15) is 0 Å². The predicted octanol–water partition coefficient (Wildman–Crippen LogP) is 2.35. The van der Waals surface area contributed by atoms with Gasteiger partial charge in [0.25, 0.3) is 0 Å². The lowest BCUT2D eigenvalue weighted by Gasteiger charge is -2.28. The molecule has 5 nitrogen and oxygen atoms in total. The smallest absolute Gasteiger partial charge is 0.249 e. The van der Waals surface area contributed by atoms with Crippen molar-refractivity contribution < 1.29 is 9.52 Å². The summed E-state index contributed by atoms with van der Waals surface area (Å²) in [4.78, 5) is 2.12. The lowest BCUT2D eigenvalue weighted by Crippen LogP contribution is -2.37.